The minimum Gasteiger partial charge on any atom is -0.375 e. The lowest BCUT2D eigenvalue weighted by molar-refractivity contribution is 0.0933. The molecule has 1 amide bonds. The van der Waals surface area contributed by atoms with Crippen LogP contribution in [0.3, 0.4) is 0 Å². The van der Waals surface area contributed by atoms with E-state index in [0.717, 1.165) is 23.1 Å². The molecule has 1 aliphatic carbocycles. The van der Waals surface area contributed by atoms with Gasteiger partial charge in [0.15, 0.2) is 5.13 Å². The van der Waals surface area contributed by atoms with Gasteiger partial charge in [0.1, 0.15) is 0 Å². The Balaban J connectivity index is 1.74. The SMILES string of the molecule is Nc1nc2ccc(C(=O)NC3CCCCCC3)cc2s1. The van der Waals surface area contributed by atoms with Gasteiger partial charge in [-0.25, -0.2) is 4.98 Å². The number of carbonyl (C=O) groups is 1. The van der Waals surface area contributed by atoms with Crippen molar-refractivity contribution in [3.05, 3.63) is 23.8 Å². The fourth-order valence-corrected chi connectivity index (χ4v) is 3.55. The zero-order valence-electron chi connectivity index (χ0n) is 11.4. The number of nitrogens with two attached hydrogens (primary N) is 1. The minimum absolute atomic E-state index is 0.0192. The van der Waals surface area contributed by atoms with Gasteiger partial charge in [-0.3, -0.25) is 4.79 Å². The van der Waals surface area contributed by atoms with Crippen molar-refractivity contribution >= 4 is 32.6 Å². The van der Waals surface area contributed by atoms with Crippen LogP contribution in [0.15, 0.2) is 18.2 Å². The topological polar surface area (TPSA) is 68.0 Å². The van der Waals surface area contributed by atoms with Gasteiger partial charge < -0.3 is 11.1 Å². The molecule has 3 rings (SSSR count). The average Bonchev–Trinajstić information content (AvgIpc) is 2.62. The van der Waals surface area contributed by atoms with E-state index < -0.39 is 0 Å². The smallest absolute Gasteiger partial charge is 0.251 e. The molecular weight excluding hydrogens is 270 g/mol. The van der Waals surface area contributed by atoms with E-state index in [1.165, 1.54) is 37.0 Å². The molecule has 0 saturated heterocycles. The van der Waals surface area contributed by atoms with Gasteiger partial charge in [0.25, 0.3) is 5.91 Å². The summed E-state index contributed by atoms with van der Waals surface area (Å²) in [6.07, 6.45) is 7.21. The van der Waals surface area contributed by atoms with Crippen molar-refractivity contribution in [3.8, 4) is 0 Å². The molecule has 0 aliphatic heterocycles. The number of nitrogen functional groups attached to an aromatic ring is 1. The highest BCUT2D eigenvalue weighted by Gasteiger charge is 2.16. The van der Waals surface area contributed by atoms with Gasteiger partial charge in [0.05, 0.1) is 10.2 Å². The number of hydrogen-bond acceptors (Lipinski definition) is 4. The second-order valence-electron chi connectivity index (χ2n) is 5.40. The van der Waals surface area contributed by atoms with Crippen LogP contribution in [-0.2, 0) is 0 Å². The highest BCUT2D eigenvalue weighted by atomic mass is 32.1. The third-order valence-corrected chi connectivity index (χ3v) is 4.70. The number of benzene rings is 1. The number of nitrogens with zero attached hydrogens (tertiary/aromatic N) is 1. The molecule has 1 aromatic heterocycles. The molecule has 2 aromatic rings. The molecule has 106 valence electrons. The summed E-state index contributed by atoms with van der Waals surface area (Å²) in [5.41, 5.74) is 7.25. The normalized spacial score (nSPS) is 17.0. The van der Waals surface area contributed by atoms with Gasteiger partial charge >= 0.3 is 0 Å². The van der Waals surface area contributed by atoms with Crippen LogP contribution in [0.4, 0.5) is 5.13 Å². The maximum absolute atomic E-state index is 12.3. The molecule has 0 unspecified atom stereocenters. The van der Waals surface area contributed by atoms with Crippen molar-refractivity contribution in [2.75, 3.05) is 5.73 Å². The molecular formula is C15H19N3OS. The van der Waals surface area contributed by atoms with E-state index >= 15 is 0 Å². The lowest BCUT2D eigenvalue weighted by atomic mass is 10.1. The van der Waals surface area contributed by atoms with Crippen LogP contribution in [0.2, 0.25) is 0 Å². The van der Waals surface area contributed by atoms with E-state index in [-0.39, 0.29) is 5.91 Å². The third-order valence-electron chi connectivity index (χ3n) is 3.86. The van der Waals surface area contributed by atoms with E-state index in [1.54, 1.807) is 0 Å². The Hall–Kier alpha value is -1.62. The number of fused-ring (bicyclic) bond motifs is 1. The van der Waals surface area contributed by atoms with Crippen LogP contribution in [0.1, 0.15) is 48.9 Å². The number of nitrogens with one attached hydrogen (secondary N) is 1. The highest BCUT2D eigenvalue weighted by Crippen LogP contribution is 2.25. The molecule has 1 aliphatic rings. The Morgan fingerprint density at radius 1 is 1.25 bits per heavy atom. The summed E-state index contributed by atoms with van der Waals surface area (Å²) in [5, 5.41) is 3.70. The molecule has 5 heteroatoms. The Morgan fingerprint density at radius 3 is 2.75 bits per heavy atom. The van der Waals surface area contributed by atoms with Gasteiger partial charge in [-0.1, -0.05) is 37.0 Å². The predicted molar refractivity (Wildman–Crippen MR) is 83.0 cm³/mol. The first-order chi connectivity index (χ1) is 9.72. The van der Waals surface area contributed by atoms with Crippen molar-refractivity contribution in [2.24, 2.45) is 0 Å². The summed E-state index contributed by atoms with van der Waals surface area (Å²) < 4.78 is 0.969. The quantitative estimate of drug-likeness (QED) is 0.833. The first kappa shape index (κ1) is 13.4. The molecule has 0 atom stereocenters. The summed E-state index contributed by atoms with van der Waals surface area (Å²) >= 11 is 1.42. The summed E-state index contributed by atoms with van der Waals surface area (Å²) in [4.78, 5) is 16.5. The van der Waals surface area contributed by atoms with E-state index in [4.69, 9.17) is 5.73 Å². The molecule has 0 bridgehead atoms. The molecule has 1 aromatic carbocycles. The predicted octanol–water partition coefficient (Wildman–Crippen LogP) is 3.33. The monoisotopic (exact) mass is 289 g/mol. The van der Waals surface area contributed by atoms with Crippen LogP contribution in [-0.4, -0.2) is 16.9 Å². The number of amides is 1. The van der Waals surface area contributed by atoms with Gasteiger partial charge in [0.2, 0.25) is 0 Å². The molecule has 1 fully saturated rings. The van der Waals surface area contributed by atoms with Gasteiger partial charge in [-0.05, 0) is 31.0 Å². The van der Waals surface area contributed by atoms with Gasteiger partial charge in [0, 0.05) is 11.6 Å². The van der Waals surface area contributed by atoms with Crippen LogP contribution in [0.25, 0.3) is 10.2 Å². The van der Waals surface area contributed by atoms with E-state index in [1.807, 2.05) is 18.2 Å². The first-order valence-corrected chi connectivity index (χ1v) is 8.01. The maximum atomic E-state index is 12.3. The van der Waals surface area contributed by atoms with Crippen molar-refractivity contribution in [1.82, 2.24) is 10.3 Å². The lowest BCUT2D eigenvalue weighted by Crippen LogP contribution is -2.34. The summed E-state index contributed by atoms with van der Waals surface area (Å²) in [5.74, 6) is 0.0192. The lowest BCUT2D eigenvalue weighted by Gasteiger charge is -2.16. The number of aromatic nitrogens is 1. The molecule has 1 heterocycles. The summed E-state index contributed by atoms with van der Waals surface area (Å²) in [6, 6.07) is 5.90. The second kappa shape index (κ2) is 5.79. The van der Waals surface area contributed by atoms with E-state index in [9.17, 15) is 4.79 Å². The molecule has 4 nitrogen and oxygen atoms in total. The fraction of sp³-hybridized carbons (Fsp3) is 0.467. The van der Waals surface area contributed by atoms with Crippen LogP contribution >= 0.6 is 11.3 Å². The summed E-state index contributed by atoms with van der Waals surface area (Å²) in [7, 11) is 0. The zero-order chi connectivity index (χ0) is 13.9. The Morgan fingerprint density at radius 2 is 2.00 bits per heavy atom. The Kier molecular flexibility index (Phi) is 3.87. The van der Waals surface area contributed by atoms with E-state index in [0.29, 0.717) is 16.7 Å². The van der Waals surface area contributed by atoms with Gasteiger partial charge in [-0.2, -0.15) is 0 Å². The first-order valence-electron chi connectivity index (χ1n) is 7.19. The molecule has 3 N–H and O–H groups in total. The van der Waals surface area contributed by atoms with Gasteiger partial charge in [-0.15, -0.1) is 0 Å². The highest BCUT2D eigenvalue weighted by molar-refractivity contribution is 7.22. The summed E-state index contributed by atoms with van der Waals surface area (Å²) in [6.45, 7) is 0. The molecule has 1 saturated carbocycles. The number of thiazole rings is 1. The number of anilines is 1. The van der Waals surface area contributed by atoms with Crippen LogP contribution in [0, 0.1) is 0 Å². The second-order valence-corrected chi connectivity index (χ2v) is 6.46. The number of hydrogen-bond donors (Lipinski definition) is 2. The molecule has 0 spiro atoms. The van der Waals surface area contributed by atoms with Crippen molar-refractivity contribution in [2.45, 2.75) is 44.6 Å². The van der Waals surface area contributed by atoms with Crippen molar-refractivity contribution < 1.29 is 4.79 Å². The van der Waals surface area contributed by atoms with Crippen LogP contribution in [0.5, 0.6) is 0 Å². The van der Waals surface area contributed by atoms with Crippen molar-refractivity contribution in [1.29, 1.82) is 0 Å². The number of carbonyl (C=O) groups excluding carboxylic acids is 1. The Bertz CT molecular complexity index is 615. The minimum atomic E-state index is 0.0192. The van der Waals surface area contributed by atoms with E-state index in [2.05, 4.69) is 10.3 Å². The zero-order valence-corrected chi connectivity index (χ0v) is 12.2. The average molecular weight is 289 g/mol. The van der Waals surface area contributed by atoms with Crippen molar-refractivity contribution in [3.63, 3.8) is 0 Å². The fourth-order valence-electron chi connectivity index (χ4n) is 2.78. The molecule has 0 radical (unpaired) electrons. The molecule has 20 heavy (non-hydrogen) atoms. The standard InChI is InChI=1S/C15H19N3OS/c16-15-18-12-8-7-10(9-13(12)20-15)14(19)17-11-5-3-1-2-4-6-11/h7-9,11H,1-6H2,(H2,16,18)(H,17,19). The van der Waals surface area contributed by atoms with Crippen LogP contribution < -0.4 is 11.1 Å². The largest absolute Gasteiger partial charge is 0.375 e. The maximum Gasteiger partial charge on any atom is 0.251 e. The Labute approximate surface area is 122 Å². The number of rotatable bonds is 2. The third kappa shape index (κ3) is 2.93.